The second-order valence-electron chi connectivity index (χ2n) is 7.73. The predicted octanol–water partition coefficient (Wildman–Crippen LogP) is 6.39. The molecule has 0 unspecified atom stereocenters. The van der Waals surface area contributed by atoms with Crippen molar-refractivity contribution in [3.05, 3.63) is 34.3 Å². The number of hydrogen-bond donors (Lipinski definition) is 0. The second-order valence-corrected chi connectivity index (χ2v) is 8.14. The van der Waals surface area contributed by atoms with Gasteiger partial charge >= 0.3 is 0 Å². The predicted molar refractivity (Wildman–Crippen MR) is 108 cm³/mol. The first kappa shape index (κ1) is 18.8. The molecule has 0 spiro atoms. The monoisotopic (exact) mass is 357 g/mol. The first-order chi connectivity index (χ1) is 12.3. The van der Waals surface area contributed by atoms with Crippen LogP contribution < -0.4 is 0 Å². The molecule has 0 N–H and O–H groups in total. The van der Waals surface area contributed by atoms with Crippen LogP contribution in [-0.4, -0.2) is 24.0 Å². The van der Waals surface area contributed by atoms with E-state index in [1.54, 1.807) is 0 Å². The van der Waals surface area contributed by atoms with Crippen LogP contribution in [0.4, 0.5) is 0 Å². The topological polar surface area (TPSA) is 3.24 Å². The Kier molecular flexibility index (Phi) is 7.26. The van der Waals surface area contributed by atoms with Crippen molar-refractivity contribution in [1.82, 2.24) is 4.90 Å². The Morgan fingerprint density at radius 2 is 1.68 bits per heavy atom. The molecule has 0 aromatic heterocycles. The molecule has 136 valence electrons. The summed E-state index contributed by atoms with van der Waals surface area (Å²) in [6.07, 6.45) is 13.5. The highest BCUT2D eigenvalue weighted by molar-refractivity contribution is 6.31. The van der Waals surface area contributed by atoms with Crippen LogP contribution in [0.15, 0.2) is 18.2 Å². The summed E-state index contributed by atoms with van der Waals surface area (Å²) in [6.45, 7) is 4.23. The second kappa shape index (κ2) is 9.65. The Morgan fingerprint density at radius 3 is 2.32 bits per heavy atom. The minimum atomic E-state index is 0.658. The van der Waals surface area contributed by atoms with Crippen molar-refractivity contribution in [2.75, 3.05) is 13.1 Å². The lowest BCUT2D eigenvalue weighted by Crippen LogP contribution is -2.36. The van der Waals surface area contributed by atoms with Crippen molar-refractivity contribution in [2.45, 2.75) is 83.1 Å². The zero-order valence-electron chi connectivity index (χ0n) is 15.7. The fourth-order valence-electron chi connectivity index (χ4n) is 4.54. The summed E-state index contributed by atoms with van der Waals surface area (Å²) < 4.78 is 0. The molecule has 1 aromatic carbocycles. The SMILES string of the molecule is CCN(CC#Cc1ccc(C2CCCCC2)c(Cl)c1)C1CCCCC1. The standard InChI is InChI=1S/C23H32ClN/c1-2-25(21-13-7-4-8-14-21)17-9-10-19-15-16-22(23(24)18-19)20-11-5-3-6-12-20/h15-16,18,20-21H,2-8,11-14,17H2,1H3. The van der Waals surface area contributed by atoms with Crippen molar-refractivity contribution in [1.29, 1.82) is 0 Å². The maximum absolute atomic E-state index is 6.58. The number of halogens is 1. The first-order valence-electron chi connectivity index (χ1n) is 10.3. The highest BCUT2D eigenvalue weighted by Gasteiger charge is 2.19. The van der Waals surface area contributed by atoms with Crippen molar-refractivity contribution in [3.8, 4) is 11.8 Å². The van der Waals surface area contributed by atoms with E-state index in [9.17, 15) is 0 Å². The van der Waals surface area contributed by atoms with Crippen LogP contribution in [0.25, 0.3) is 0 Å². The highest BCUT2D eigenvalue weighted by atomic mass is 35.5. The summed E-state index contributed by atoms with van der Waals surface area (Å²) in [4.78, 5) is 2.55. The molecule has 2 aliphatic rings. The Balaban J connectivity index is 1.61. The Bertz CT molecular complexity index is 600. The van der Waals surface area contributed by atoms with Crippen LogP contribution in [0.2, 0.25) is 5.02 Å². The highest BCUT2D eigenvalue weighted by Crippen LogP contribution is 2.36. The van der Waals surface area contributed by atoms with Crippen LogP contribution in [0.3, 0.4) is 0 Å². The van der Waals surface area contributed by atoms with Gasteiger partial charge in [-0.15, -0.1) is 0 Å². The molecule has 2 fully saturated rings. The Morgan fingerprint density at radius 1 is 1.00 bits per heavy atom. The smallest absolute Gasteiger partial charge is 0.0607 e. The van der Waals surface area contributed by atoms with Gasteiger partial charge in [-0.2, -0.15) is 0 Å². The van der Waals surface area contributed by atoms with Gasteiger partial charge in [-0.25, -0.2) is 0 Å². The fraction of sp³-hybridized carbons (Fsp3) is 0.652. The Labute approximate surface area is 159 Å². The van der Waals surface area contributed by atoms with Gasteiger partial charge in [0.1, 0.15) is 0 Å². The lowest BCUT2D eigenvalue weighted by Gasteiger charge is -2.32. The molecule has 0 amide bonds. The first-order valence-corrected chi connectivity index (χ1v) is 10.7. The molecule has 1 aromatic rings. The number of benzene rings is 1. The van der Waals surface area contributed by atoms with E-state index in [4.69, 9.17) is 11.6 Å². The molecule has 0 bridgehead atoms. The average molecular weight is 358 g/mol. The van der Waals surface area contributed by atoms with Gasteiger partial charge in [0.05, 0.1) is 6.54 Å². The van der Waals surface area contributed by atoms with Gasteiger partial charge in [0.25, 0.3) is 0 Å². The quantitative estimate of drug-likeness (QED) is 0.564. The molecule has 0 heterocycles. The lowest BCUT2D eigenvalue weighted by molar-refractivity contribution is 0.183. The summed E-state index contributed by atoms with van der Waals surface area (Å²) in [5.41, 5.74) is 2.40. The van der Waals surface area contributed by atoms with Gasteiger partial charge in [0.15, 0.2) is 0 Å². The maximum atomic E-state index is 6.58. The normalized spacial score (nSPS) is 19.6. The largest absolute Gasteiger partial charge is 0.290 e. The van der Waals surface area contributed by atoms with Gasteiger partial charge < -0.3 is 0 Å². The van der Waals surface area contributed by atoms with E-state index in [0.29, 0.717) is 5.92 Å². The molecule has 2 saturated carbocycles. The molecule has 2 heteroatoms. The van der Waals surface area contributed by atoms with E-state index >= 15 is 0 Å². The van der Waals surface area contributed by atoms with E-state index in [-0.39, 0.29) is 0 Å². The van der Waals surface area contributed by atoms with Crippen LogP contribution >= 0.6 is 11.6 Å². The van der Waals surface area contributed by atoms with Gasteiger partial charge in [-0.05, 0) is 55.8 Å². The summed E-state index contributed by atoms with van der Waals surface area (Å²) in [5, 5.41) is 0.915. The zero-order chi connectivity index (χ0) is 17.5. The molecule has 0 aliphatic heterocycles. The third-order valence-electron chi connectivity index (χ3n) is 6.06. The number of hydrogen-bond acceptors (Lipinski definition) is 1. The van der Waals surface area contributed by atoms with Crippen molar-refractivity contribution in [3.63, 3.8) is 0 Å². The maximum Gasteiger partial charge on any atom is 0.0607 e. The van der Waals surface area contributed by atoms with E-state index in [1.807, 2.05) is 0 Å². The van der Waals surface area contributed by atoms with Crippen LogP contribution in [0.5, 0.6) is 0 Å². The zero-order valence-corrected chi connectivity index (χ0v) is 16.5. The number of nitrogens with zero attached hydrogens (tertiary/aromatic N) is 1. The fourth-order valence-corrected chi connectivity index (χ4v) is 4.87. The lowest BCUT2D eigenvalue weighted by atomic mass is 9.84. The number of rotatable bonds is 4. The molecular weight excluding hydrogens is 326 g/mol. The summed E-state index contributed by atoms with van der Waals surface area (Å²) in [6, 6.07) is 7.21. The third kappa shape index (κ3) is 5.25. The van der Waals surface area contributed by atoms with Crippen LogP contribution in [0.1, 0.15) is 88.2 Å². The molecule has 0 saturated heterocycles. The molecule has 3 rings (SSSR count). The molecule has 2 aliphatic carbocycles. The Hall–Kier alpha value is -0.970. The molecule has 1 nitrogen and oxygen atoms in total. The minimum Gasteiger partial charge on any atom is -0.290 e. The van der Waals surface area contributed by atoms with Crippen LogP contribution in [0, 0.1) is 11.8 Å². The van der Waals surface area contributed by atoms with Gasteiger partial charge in [-0.1, -0.05) is 75.0 Å². The van der Waals surface area contributed by atoms with Crippen molar-refractivity contribution < 1.29 is 0 Å². The molecular formula is C23H32ClN. The van der Waals surface area contributed by atoms with E-state index in [2.05, 4.69) is 41.9 Å². The molecule has 0 atom stereocenters. The van der Waals surface area contributed by atoms with Gasteiger partial charge in [0.2, 0.25) is 0 Å². The minimum absolute atomic E-state index is 0.658. The van der Waals surface area contributed by atoms with Crippen molar-refractivity contribution in [2.24, 2.45) is 0 Å². The van der Waals surface area contributed by atoms with Gasteiger partial charge in [0, 0.05) is 16.6 Å². The van der Waals surface area contributed by atoms with E-state index in [0.717, 1.165) is 29.7 Å². The average Bonchev–Trinajstić information content (AvgIpc) is 2.67. The molecule has 25 heavy (non-hydrogen) atoms. The summed E-state index contributed by atoms with van der Waals surface area (Å²) in [7, 11) is 0. The summed E-state index contributed by atoms with van der Waals surface area (Å²) in [5.74, 6) is 7.39. The van der Waals surface area contributed by atoms with E-state index in [1.165, 1.54) is 69.8 Å². The van der Waals surface area contributed by atoms with Crippen LogP contribution in [-0.2, 0) is 0 Å². The summed E-state index contributed by atoms with van der Waals surface area (Å²) >= 11 is 6.58. The van der Waals surface area contributed by atoms with Gasteiger partial charge in [-0.3, -0.25) is 4.90 Å². The molecule has 0 radical (unpaired) electrons. The van der Waals surface area contributed by atoms with Crippen molar-refractivity contribution >= 4 is 11.6 Å². The third-order valence-corrected chi connectivity index (χ3v) is 6.38. The van der Waals surface area contributed by atoms with E-state index < -0.39 is 0 Å².